The molecule has 32 heavy (non-hydrogen) atoms. The lowest BCUT2D eigenvalue weighted by Crippen LogP contribution is -2.41. The molecule has 166 valence electrons. The molecular weight excluding hydrogens is 411 g/mol. The van der Waals surface area contributed by atoms with Gasteiger partial charge in [-0.1, -0.05) is 18.2 Å². The molecule has 2 aromatic carbocycles. The summed E-state index contributed by atoms with van der Waals surface area (Å²) < 4.78 is 16.3. The second-order valence-corrected chi connectivity index (χ2v) is 8.00. The van der Waals surface area contributed by atoms with Crippen LogP contribution in [0.3, 0.4) is 0 Å². The quantitative estimate of drug-likeness (QED) is 0.683. The fourth-order valence-electron chi connectivity index (χ4n) is 4.06. The molecule has 1 aliphatic rings. The molecule has 2 heterocycles. The fraction of sp³-hybridized carbons (Fsp3) is 0.292. The highest BCUT2D eigenvalue weighted by Crippen LogP contribution is 2.22. The minimum Gasteiger partial charge on any atom is -0.339 e. The number of nitrogens with zero attached hydrogens (tertiary/aromatic N) is 3. The van der Waals surface area contributed by atoms with Gasteiger partial charge in [0.05, 0.1) is 11.4 Å². The molecule has 1 saturated heterocycles. The Morgan fingerprint density at radius 1 is 1.00 bits per heavy atom. The number of nitrogens with one attached hydrogen (secondary N) is 1. The van der Waals surface area contributed by atoms with Crippen LogP contribution < -0.4 is 10.9 Å². The molecule has 0 unspecified atom stereocenters. The van der Waals surface area contributed by atoms with Crippen LogP contribution in [0.1, 0.15) is 28.9 Å². The maximum atomic E-state index is 13.1. The summed E-state index contributed by atoms with van der Waals surface area (Å²) in [4.78, 5) is 40.2. The number of hydrogen-bond acceptors (Lipinski definition) is 3. The zero-order valence-electron chi connectivity index (χ0n) is 18.0. The van der Waals surface area contributed by atoms with E-state index in [2.05, 4.69) is 5.32 Å². The van der Waals surface area contributed by atoms with Gasteiger partial charge in [0.2, 0.25) is 5.91 Å². The molecule has 0 atom stereocenters. The van der Waals surface area contributed by atoms with E-state index in [0.717, 1.165) is 5.69 Å². The molecular formula is C24H25FN4O3. The van der Waals surface area contributed by atoms with E-state index in [0.29, 0.717) is 37.2 Å². The van der Waals surface area contributed by atoms with Crippen LogP contribution >= 0.6 is 0 Å². The summed E-state index contributed by atoms with van der Waals surface area (Å²) in [5.74, 6) is -1.07. The van der Waals surface area contributed by atoms with Gasteiger partial charge in [0, 0.05) is 31.6 Å². The van der Waals surface area contributed by atoms with Crippen LogP contribution in [0.15, 0.2) is 59.4 Å². The van der Waals surface area contributed by atoms with Crippen molar-refractivity contribution in [3.8, 4) is 5.69 Å². The highest BCUT2D eigenvalue weighted by atomic mass is 19.1. The van der Waals surface area contributed by atoms with E-state index in [1.54, 1.807) is 23.6 Å². The topological polar surface area (TPSA) is 76.3 Å². The molecule has 0 bridgehead atoms. The van der Waals surface area contributed by atoms with Crippen LogP contribution in [0.5, 0.6) is 0 Å². The van der Waals surface area contributed by atoms with Gasteiger partial charge in [0.1, 0.15) is 11.5 Å². The Bertz CT molecular complexity index is 1190. The predicted octanol–water partition coefficient (Wildman–Crippen LogP) is 3.11. The van der Waals surface area contributed by atoms with Crippen LogP contribution in [0.25, 0.3) is 5.69 Å². The zero-order valence-corrected chi connectivity index (χ0v) is 18.0. The number of likely N-dealkylation sites (tertiary alicyclic amines) is 1. The first-order chi connectivity index (χ1) is 15.4. The van der Waals surface area contributed by atoms with Gasteiger partial charge < -0.3 is 10.2 Å². The van der Waals surface area contributed by atoms with E-state index in [4.69, 9.17) is 0 Å². The van der Waals surface area contributed by atoms with Crippen molar-refractivity contribution in [3.05, 3.63) is 82.0 Å². The number of anilines is 1. The van der Waals surface area contributed by atoms with Crippen molar-refractivity contribution in [3.63, 3.8) is 0 Å². The first-order valence-electron chi connectivity index (χ1n) is 10.6. The Morgan fingerprint density at radius 3 is 2.25 bits per heavy atom. The van der Waals surface area contributed by atoms with Crippen molar-refractivity contribution in [2.75, 3.05) is 18.4 Å². The Kier molecular flexibility index (Phi) is 5.94. The molecule has 0 spiro atoms. The third-order valence-electron chi connectivity index (χ3n) is 6.05. The van der Waals surface area contributed by atoms with E-state index in [-0.39, 0.29) is 34.8 Å². The molecule has 4 rings (SSSR count). The summed E-state index contributed by atoms with van der Waals surface area (Å²) in [5.41, 5.74) is 1.79. The molecule has 2 amide bonds. The van der Waals surface area contributed by atoms with E-state index >= 15 is 0 Å². The molecule has 1 N–H and O–H groups in total. The minimum atomic E-state index is -0.389. The number of carbonyl (C=O) groups is 2. The number of carbonyl (C=O) groups excluding carboxylic acids is 2. The van der Waals surface area contributed by atoms with Crippen molar-refractivity contribution in [2.45, 2.75) is 19.8 Å². The monoisotopic (exact) mass is 436 g/mol. The predicted molar refractivity (Wildman–Crippen MR) is 119 cm³/mol. The minimum absolute atomic E-state index is 0.173. The van der Waals surface area contributed by atoms with Crippen molar-refractivity contribution in [1.82, 2.24) is 14.3 Å². The molecule has 0 aliphatic carbocycles. The molecule has 1 fully saturated rings. The van der Waals surface area contributed by atoms with E-state index < -0.39 is 0 Å². The van der Waals surface area contributed by atoms with Crippen LogP contribution in [-0.2, 0) is 11.8 Å². The number of aromatic nitrogens is 2. The second-order valence-electron chi connectivity index (χ2n) is 8.00. The maximum Gasteiger partial charge on any atom is 0.295 e. The number of para-hydroxylation sites is 1. The van der Waals surface area contributed by atoms with E-state index in [1.807, 2.05) is 30.3 Å². The van der Waals surface area contributed by atoms with Crippen LogP contribution in [0.2, 0.25) is 0 Å². The van der Waals surface area contributed by atoms with Gasteiger partial charge in [-0.3, -0.25) is 19.1 Å². The standard InChI is InChI=1S/C24H25FN4O3/c1-16-21(24(32)29(27(16)2)20-6-4-3-5-7-20)26-22(30)17-12-14-28(15-13-17)23(31)18-8-10-19(25)11-9-18/h3-11,17H,12-15H2,1-2H3,(H,26,30). The summed E-state index contributed by atoms with van der Waals surface area (Å²) >= 11 is 0. The lowest BCUT2D eigenvalue weighted by molar-refractivity contribution is -0.121. The summed E-state index contributed by atoms with van der Waals surface area (Å²) in [6, 6.07) is 14.7. The highest BCUT2D eigenvalue weighted by Gasteiger charge is 2.29. The summed E-state index contributed by atoms with van der Waals surface area (Å²) in [5, 5.41) is 2.82. The lowest BCUT2D eigenvalue weighted by Gasteiger charge is -2.31. The van der Waals surface area contributed by atoms with Crippen molar-refractivity contribution in [1.29, 1.82) is 0 Å². The second kappa shape index (κ2) is 8.82. The first-order valence-corrected chi connectivity index (χ1v) is 10.6. The Balaban J connectivity index is 1.43. The maximum absolute atomic E-state index is 13.1. The average molecular weight is 436 g/mol. The van der Waals surface area contributed by atoms with Gasteiger partial charge in [-0.2, -0.15) is 0 Å². The smallest absolute Gasteiger partial charge is 0.295 e. The normalized spacial score (nSPS) is 14.4. The molecule has 0 radical (unpaired) electrons. The van der Waals surface area contributed by atoms with Gasteiger partial charge in [-0.15, -0.1) is 0 Å². The van der Waals surface area contributed by atoms with Crippen LogP contribution in [0.4, 0.5) is 10.1 Å². The third-order valence-corrected chi connectivity index (χ3v) is 6.05. The molecule has 7 nitrogen and oxygen atoms in total. The molecule has 0 saturated carbocycles. The number of amides is 2. The summed E-state index contributed by atoms with van der Waals surface area (Å²) in [6.45, 7) is 2.65. The van der Waals surface area contributed by atoms with Gasteiger partial charge in [-0.25, -0.2) is 9.07 Å². The highest BCUT2D eigenvalue weighted by molar-refractivity contribution is 5.95. The van der Waals surface area contributed by atoms with Gasteiger partial charge in [0.15, 0.2) is 0 Å². The Labute approximate surface area is 185 Å². The Morgan fingerprint density at radius 2 is 1.62 bits per heavy atom. The lowest BCUT2D eigenvalue weighted by atomic mass is 9.95. The number of hydrogen-bond donors (Lipinski definition) is 1. The number of halogens is 1. The van der Waals surface area contributed by atoms with Crippen LogP contribution in [0, 0.1) is 18.7 Å². The van der Waals surface area contributed by atoms with Gasteiger partial charge in [-0.05, 0) is 56.2 Å². The SMILES string of the molecule is Cc1c(NC(=O)C2CCN(C(=O)c3ccc(F)cc3)CC2)c(=O)n(-c2ccccc2)n1C. The summed E-state index contributed by atoms with van der Waals surface area (Å²) in [7, 11) is 1.78. The molecule has 3 aromatic rings. The van der Waals surface area contributed by atoms with E-state index in [1.165, 1.54) is 28.9 Å². The number of rotatable bonds is 4. The zero-order chi connectivity index (χ0) is 22.8. The molecule has 1 aromatic heterocycles. The van der Waals surface area contributed by atoms with Gasteiger partial charge in [0.25, 0.3) is 11.5 Å². The number of benzene rings is 2. The van der Waals surface area contributed by atoms with Crippen molar-refractivity contribution < 1.29 is 14.0 Å². The van der Waals surface area contributed by atoms with Crippen molar-refractivity contribution in [2.24, 2.45) is 13.0 Å². The van der Waals surface area contributed by atoms with E-state index in [9.17, 15) is 18.8 Å². The number of piperidine rings is 1. The summed E-state index contributed by atoms with van der Waals surface area (Å²) in [6.07, 6.45) is 0.995. The fourth-order valence-corrected chi connectivity index (χ4v) is 4.06. The first kappa shape index (κ1) is 21.5. The van der Waals surface area contributed by atoms with Gasteiger partial charge >= 0.3 is 0 Å². The third kappa shape index (κ3) is 4.08. The molecule has 1 aliphatic heterocycles. The van der Waals surface area contributed by atoms with Crippen molar-refractivity contribution >= 4 is 17.5 Å². The largest absolute Gasteiger partial charge is 0.339 e. The Hall–Kier alpha value is -3.68. The van der Waals surface area contributed by atoms with Crippen LogP contribution in [-0.4, -0.2) is 39.2 Å². The average Bonchev–Trinajstić information content (AvgIpc) is 3.02. The molecule has 8 heteroatoms.